The molecule has 0 bridgehead atoms. The van der Waals surface area contributed by atoms with Gasteiger partial charge < -0.3 is 20.4 Å². The summed E-state index contributed by atoms with van der Waals surface area (Å²) >= 11 is 0. The van der Waals surface area contributed by atoms with Crippen LogP contribution in [0.1, 0.15) is 16.7 Å². The lowest BCUT2D eigenvalue weighted by molar-refractivity contribution is -0.384. The zero-order valence-corrected chi connectivity index (χ0v) is 19.0. The summed E-state index contributed by atoms with van der Waals surface area (Å²) in [6.07, 6.45) is 1.23. The SMILES string of the molecule is Cc1ccc([N+](=O)[O-])cc1NC(=O)[C@@H](Cc1c[nH]c2ccccc12)NC(=O)OCc1ccccc1. The number of amides is 2. The van der Waals surface area contributed by atoms with E-state index in [0.717, 1.165) is 22.0 Å². The normalized spacial score (nSPS) is 11.6. The molecule has 1 aromatic heterocycles. The fourth-order valence-electron chi connectivity index (χ4n) is 3.71. The minimum absolute atomic E-state index is 0.0537. The molecule has 1 heterocycles. The Bertz CT molecular complexity index is 1370. The van der Waals surface area contributed by atoms with Gasteiger partial charge in [-0.1, -0.05) is 54.6 Å². The van der Waals surface area contributed by atoms with Crippen molar-refractivity contribution in [3.8, 4) is 0 Å². The highest BCUT2D eigenvalue weighted by Gasteiger charge is 2.24. The fraction of sp³-hybridized carbons (Fsp3) is 0.154. The topological polar surface area (TPSA) is 126 Å². The van der Waals surface area contributed by atoms with Crippen LogP contribution in [0, 0.1) is 17.0 Å². The minimum atomic E-state index is -0.990. The number of H-pyrrole nitrogens is 1. The maximum Gasteiger partial charge on any atom is 0.408 e. The first kappa shape index (κ1) is 23.5. The molecular formula is C26H24N4O5. The van der Waals surface area contributed by atoms with Crippen LogP contribution in [-0.2, 0) is 22.6 Å². The van der Waals surface area contributed by atoms with Gasteiger partial charge in [-0.25, -0.2) is 4.79 Å². The summed E-state index contributed by atoms with van der Waals surface area (Å²) in [5, 5.41) is 17.5. The second kappa shape index (κ2) is 10.5. The van der Waals surface area contributed by atoms with E-state index in [4.69, 9.17) is 4.74 Å². The number of nitrogens with one attached hydrogen (secondary N) is 3. The first-order valence-corrected chi connectivity index (χ1v) is 11.0. The van der Waals surface area contributed by atoms with Gasteiger partial charge in [-0.05, 0) is 29.7 Å². The molecule has 0 radical (unpaired) electrons. The molecular weight excluding hydrogens is 448 g/mol. The van der Waals surface area contributed by atoms with Crippen molar-refractivity contribution in [2.75, 3.05) is 5.32 Å². The Labute approximate surface area is 201 Å². The quantitative estimate of drug-likeness (QED) is 0.249. The number of hydrogen-bond donors (Lipinski definition) is 3. The van der Waals surface area contributed by atoms with Crippen molar-refractivity contribution in [2.45, 2.75) is 26.0 Å². The fourth-order valence-corrected chi connectivity index (χ4v) is 3.71. The van der Waals surface area contributed by atoms with Crippen molar-refractivity contribution in [3.63, 3.8) is 0 Å². The van der Waals surface area contributed by atoms with Gasteiger partial charge in [0.2, 0.25) is 5.91 Å². The Balaban J connectivity index is 1.54. The van der Waals surface area contributed by atoms with Gasteiger partial charge in [0.1, 0.15) is 12.6 Å². The Morgan fingerprint density at radius 3 is 2.57 bits per heavy atom. The lowest BCUT2D eigenvalue weighted by Gasteiger charge is -2.19. The van der Waals surface area contributed by atoms with Crippen LogP contribution in [0.5, 0.6) is 0 Å². The van der Waals surface area contributed by atoms with Crippen LogP contribution in [0.25, 0.3) is 10.9 Å². The molecule has 0 saturated carbocycles. The smallest absolute Gasteiger partial charge is 0.408 e. The molecule has 0 fully saturated rings. The summed E-state index contributed by atoms with van der Waals surface area (Å²) in [6, 6.07) is 20.1. The molecule has 1 atom stereocenters. The van der Waals surface area contributed by atoms with Crippen LogP contribution in [0.15, 0.2) is 79.0 Å². The molecule has 0 spiro atoms. The summed E-state index contributed by atoms with van der Waals surface area (Å²) in [4.78, 5) is 39.6. The van der Waals surface area contributed by atoms with Crippen LogP contribution in [0.2, 0.25) is 0 Å². The summed E-state index contributed by atoms with van der Waals surface area (Å²) in [7, 11) is 0. The number of carbonyl (C=O) groups is 2. The van der Waals surface area contributed by atoms with Gasteiger partial charge in [0, 0.05) is 35.7 Å². The van der Waals surface area contributed by atoms with E-state index in [9.17, 15) is 19.7 Å². The van der Waals surface area contributed by atoms with Crippen LogP contribution >= 0.6 is 0 Å². The van der Waals surface area contributed by atoms with Crippen molar-refractivity contribution < 1.29 is 19.2 Å². The lowest BCUT2D eigenvalue weighted by Crippen LogP contribution is -2.45. The Hall–Kier alpha value is -4.66. The van der Waals surface area contributed by atoms with E-state index in [1.54, 1.807) is 19.2 Å². The predicted molar refractivity (Wildman–Crippen MR) is 132 cm³/mol. The van der Waals surface area contributed by atoms with Crippen molar-refractivity contribution in [2.24, 2.45) is 0 Å². The third kappa shape index (κ3) is 5.83. The number of rotatable bonds is 8. The molecule has 9 nitrogen and oxygen atoms in total. The molecule has 4 rings (SSSR count). The molecule has 4 aromatic rings. The molecule has 3 aromatic carbocycles. The van der Waals surface area contributed by atoms with Gasteiger partial charge in [0.15, 0.2) is 0 Å². The predicted octanol–water partition coefficient (Wildman–Crippen LogP) is 4.86. The second-order valence-corrected chi connectivity index (χ2v) is 8.07. The van der Waals surface area contributed by atoms with Crippen LogP contribution < -0.4 is 10.6 Å². The van der Waals surface area contributed by atoms with Crippen LogP contribution in [0.3, 0.4) is 0 Å². The number of nitro benzene ring substituents is 1. The number of non-ortho nitro benzene ring substituents is 1. The zero-order valence-electron chi connectivity index (χ0n) is 19.0. The number of aryl methyl sites for hydroxylation is 1. The van der Waals surface area contributed by atoms with E-state index in [-0.39, 0.29) is 18.7 Å². The van der Waals surface area contributed by atoms with E-state index in [2.05, 4.69) is 15.6 Å². The van der Waals surface area contributed by atoms with Gasteiger partial charge in [-0.15, -0.1) is 0 Å². The number of nitrogens with zero attached hydrogens (tertiary/aromatic N) is 1. The molecule has 0 unspecified atom stereocenters. The third-order valence-corrected chi connectivity index (χ3v) is 5.61. The van der Waals surface area contributed by atoms with Gasteiger partial charge in [-0.3, -0.25) is 14.9 Å². The van der Waals surface area contributed by atoms with Crippen LogP contribution in [0.4, 0.5) is 16.2 Å². The molecule has 0 aliphatic carbocycles. The number of fused-ring (bicyclic) bond motifs is 1. The number of aromatic amines is 1. The Kier molecular flexibility index (Phi) is 7.06. The summed E-state index contributed by atoms with van der Waals surface area (Å²) in [5.41, 5.74) is 3.36. The van der Waals surface area contributed by atoms with Gasteiger partial charge in [0.25, 0.3) is 5.69 Å². The van der Waals surface area contributed by atoms with Crippen molar-refractivity contribution in [3.05, 3.63) is 106 Å². The number of aromatic nitrogens is 1. The molecule has 2 amide bonds. The highest BCUT2D eigenvalue weighted by Crippen LogP contribution is 2.23. The number of anilines is 1. The van der Waals surface area contributed by atoms with Crippen molar-refractivity contribution in [1.82, 2.24) is 10.3 Å². The van der Waals surface area contributed by atoms with E-state index in [0.29, 0.717) is 11.3 Å². The minimum Gasteiger partial charge on any atom is -0.445 e. The number of hydrogen-bond acceptors (Lipinski definition) is 5. The van der Waals surface area contributed by atoms with Gasteiger partial charge >= 0.3 is 6.09 Å². The first-order valence-electron chi connectivity index (χ1n) is 11.0. The highest BCUT2D eigenvalue weighted by atomic mass is 16.6. The second-order valence-electron chi connectivity index (χ2n) is 8.07. The maximum atomic E-state index is 13.3. The van der Waals surface area contributed by atoms with Gasteiger partial charge in [0.05, 0.1) is 10.6 Å². The number of nitro groups is 1. The standard InChI is InChI=1S/C26H24N4O5/c1-17-11-12-20(30(33)34)14-23(17)28-25(31)24(13-19-15-27-22-10-6-5-9-21(19)22)29-26(32)35-16-18-7-3-2-4-8-18/h2-12,14-15,24,27H,13,16H2,1H3,(H,28,31)(H,29,32)/t24-/m1/s1. The van der Waals surface area contributed by atoms with Crippen molar-refractivity contribution in [1.29, 1.82) is 0 Å². The summed E-state index contributed by atoms with van der Waals surface area (Å²) in [6.45, 7) is 1.79. The van der Waals surface area contributed by atoms with Crippen LogP contribution in [-0.4, -0.2) is 27.9 Å². The largest absolute Gasteiger partial charge is 0.445 e. The molecule has 0 aliphatic heterocycles. The lowest BCUT2D eigenvalue weighted by atomic mass is 10.0. The summed E-state index contributed by atoms with van der Waals surface area (Å²) < 4.78 is 5.31. The number of benzene rings is 3. The molecule has 3 N–H and O–H groups in total. The number of para-hydroxylation sites is 1. The average Bonchev–Trinajstić information content (AvgIpc) is 3.27. The van der Waals surface area contributed by atoms with E-state index >= 15 is 0 Å². The Morgan fingerprint density at radius 1 is 1.06 bits per heavy atom. The average molecular weight is 473 g/mol. The van der Waals surface area contributed by atoms with E-state index < -0.39 is 23.0 Å². The van der Waals surface area contributed by atoms with E-state index in [1.165, 1.54) is 12.1 Å². The number of alkyl carbamates (subject to hydrolysis) is 1. The molecule has 178 valence electrons. The zero-order chi connectivity index (χ0) is 24.8. The van der Waals surface area contributed by atoms with Crippen molar-refractivity contribution >= 4 is 34.3 Å². The molecule has 35 heavy (non-hydrogen) atoms. The third-order valence-electron chi connectivity index (χ3n) is 5.61. The molecule has 0 saturated heterocycles. The number of carbonyl (C=O) groups excluding carboxylic acids is 2. The highest BCUT2D eigenvalue weighted by molar-refractivity contribution is 5.98. The first-order chi connectivity index (χ1) is 16.9. The maximum absolute atomic E-state index is 13.3. The number of ether oxygens (including phenoxy) is 1. The molecule has 0 aliphatic rings. The Morgan fingerprint density at radius 2 is 1.80 bits per heavy atom. The summed E-state index contributed by atoms with van der Waals surface area (Å²) in [5.74, 6) is -0.518. The van der Waals surface area contributed by atoms with Gasteiger partial charge in [-0.2, -0.15) is 0 Å². The van der Waals surface area contributed by atoms with E-state index in [1.807, 2.05) is 54.6 Å². The molecule has 9 heteroatoms. The monoisotopic (exact) mass is 472 g/mol.